The zero-order chi connectivity index (χ0) is 9.61. The molecule has 0 aromatic carbocycles. The van der Waals surface area contributed by atoms with E-state index in [9.17, 15) is 4.79 Å². The molecular weight excluding hydrogens is 150 g/mol. The summed E-state index contributed by atoms with van der Waals surface area (Å²) in [6, 6.07) is 0. The lowest BCUT2D eigenvalue weighted by molar-refractivity contribution is -0.122. The first-order valence-corrected chi connectivity index (χ1v) is 4.43. The SMILES string of the molecule is C=CCCC(C)(C)NC(=O)CC. The van der Waals surface area contributed by atoms with Gasteiger partial charge in [0, 0.05) is 12.0 Å². The minimum Gasteiger partial charge on any atom is -0.351 e. The predicted molar refractivity (Wildman–Crippen MR) is 51.9 cm³/mol. The van der Waals surface area contributed by atoms with Crippen LogP contribution in [0.3, 0.4) is 0 Å². The van der Waals surface area contributed by atoms with Crippen molar-refractivity contribution in [2.75, 3.05) is 0 Å². The molecule has 0 fully saturated rings. The highest BCUT2D eigenvalue weighted by molar-refractivity contribution is 5.76. The molecule has 0 aromatic heterocycles. The molecule has 0 unspecified atom stereocenters. The van der Waals surface area contributed by atoms with Gasteiger partial charge in [0.25, 0.3) is 0 Å². The molecule has 70 valence electrons. The molecule has 0 aliphatic heterocycles. The predicted octanol–water partition coefficient (Wildman–Crippen LogP) is 2.26. The van der Waals surface area contributed by atoms with E-state index in [0.717, 1.165) is 12.8 Å². The third kappa shape index (κ3) is 4.94. The van der Waals surface area contributed by atoms with Gasteiger partial charge in [-0.1, -0.05) is 13.0 Å². The fourth-order valence-corrected chi connectivity index (χ4v) is 0.991. The summed E-state index contributed by atoms with van der Waals surface area (Å²) < 4.78 is 0. The first kappa shape index (κ1) is 11.2. The molecule has 0 radical (unpaired) electrons. The number of hydrogen-bond acceptors (Lipinski definition) is 1. The Bertz CT molecular complexity index is 161. The van der Waals surface area contributed by atoms with Gasteiger partial charge in [0.1, 0.15) is 0 Å². The average molecular weight is 169 g/mol. The van der Waals surface area contributed by atoms with Gasteiger partial charge in [-0.25, -0.2) is 0 Å². The number of nitrogens with one attached hydrogen (secondary N) is 1. The Balaban J connectivity index is 3.85. The van der Waals surface area contributed by atoms with E-state index in [1.165, 1.54) is 0 Å². The van der Waals surface area contributed by atoms with Crippen LogP contribution in [0.15, 0.2) is 12.7 Å². The Kier molecular flexibility index (Phi) is 4.64. The fourth-order valence-electron chi connectivity index (χ4n) is 0.991. The van der Waals surface area contributed by atoms with E-state index in [-0.39, 0.29) is 11.4 Å². The van der Waals surface area contributed by atoms with Crippen LogP contribution in [0.5, 0.6) is 0 Å². The van der Waals surface area contributed by atoms with Gasteiger partial charge in [0.2, 0.25) is 5.91 Å². The first-order chi connectivity index (χ1) is 5.52. The van der Waals surface area contributed by atoms with Crippen LogP contribution < -0.4 is 5.32 Å². The average Bonchev–Trinajstić information content (AvgIpc) is 2.00. The van der Waals surface area contributed by atoms with Crippen LogP contribution in [0.2, 0.25) is 0 Å². The molecule has 1 amide bonds. The highest BCUT2D eigenvalue weighted by atomic mass is 16.1. The van der Waals surface area contributed by atoms with Gasteiger partial charge < -0.3 is 5.32 Å². The van der Waals surface area contributed by atoms with Gasteiger partial charge in [-0.2, -0.15) is 0 Å². The van der Waals surface area contributed by atoms with Gasteiger partial charge in [0.15, 0.2) is 0 Å². The van der Waals surface area contributed by atoms with Gasteiger partial charge in [0.05, 0.1) is 0 Å². The molecule has 0 saturated carbocycles. The summed E-state index contributed by atoms with van der Waals surface area (Å²) in [5.41, 5.74) is -0.0959. The second-order valence-corrected chi connectivity index (χ2v) is 3.61. The zero-order valence-corrected chi connectivity index (χ0v) is 8.31. The van der Waals surface area contributed by atoms with Crippen LogP contribution >= 0.6 is 0 Å². The summed E-state index contributed by atoms with van der Waals surface area (Å²) in [6.45, 7) is 9.57. The number of hydrogen-bond donors (Lipinski definition) is 1. The Labute approximate surface area is 75.0 Å². The van der Waals surface area contributed by atoms with Crippen LogP contribution in [0.1, 0.15) is 40.0 Å². The van der Waals surface area contributed by atoms with Crippen LogP contribution in [-0.2, 0) is 4.79 Å². The minimum absolute atomic E-state index is 0.0959. The lowest BCUT2D eigenvalue weighted by atomic mass is 9.98. The Morgan fingerprint density at radius 2 is 2.17 bits per heavy atom. The molecule has 0 aliphatic rings. The van der Waals surface area contributed by atoms with Crippen LogP contribution in [0.4, 0.5) is 0 Å². The summed E-state index contributed by atoms with van der Waals surface area (Å²) in [4.78, 5) is 11.1. The van der Waals surface area contributed by atoms with Crippen molar-refractivity contribution in [3.05, 3.63) is 12.7 Å². The van der Waals surface area contributed by atoms with Crippen molar-refractivity contribution in [2.45, 2.75) is 45.6 Å². The molecule has 2 heteroatoms. The highest BCUT2D eigenvalue weighted by Crippen LogP contribution is 2.11. The van der Waals surface area contributed by atoms with E-state index in [1.807, 2.05) is 26.8 Å². The number of amides is 1. The van der Waals surface area contributed by atoms with Crippen LogP contribution in [-0.4, -0.2) is 11.4 Å². The third-order valence-electron chi connectivity index (χ3n) is 1.77. The van der Waals surface area contributed by atoms with E-state index in [2.05, 4.69) is 11.9 Å². The summed E-state index contributed by atoms with van der Waals surface area (Å²) in [6.07, 6.45) is 4.32. The molecule has 0 rings (SSSR count). The lowest BCUT2D eigenvalue weighted by Gasteiger charge is -2.25. The van der Waals surface area contributed by atoms with Gasteiger partial charge in [-0.3, -0.25) is 4.79 Å². The maximum Gasteiger partial charge on any atom is 0.220 e. The highest BCUT2D eigenvalue weighted by Gasteiger charge is 2.17. The van der Waals surface area contributed by atoms with Gasteiger partial charge in [-0.15, -0.1) is 6.58 Å². The topological polar surface area (TPSA) is 29.1 Å². The van der Waals surface area contributed by atoms with Crippen molar-refractivity contribution in [1.82, 2.24) is 5.32 Å². The standard InChI is InChI=1S/C10H19NO/c1-5-7-8-10(3,4)11-9(12)6-2/h5H,1,6-8H2,2-4H3,(H,11,12). The molecule has 0 aromatic rings. The van der Waals surface area contributed by atoms with Crippen molar-refractivity contribution in [1.29, 1.82) is 0 Å². The zero-order valence-electron chi connectivity index (χ0n) is 8.31. The van der Waals surface area contributed by atoms with E-state index in [0.29, 0.717) is 6.42 Å². The van der Waals surface area contributed by atoms with Crippen molar-refractivity contribution < 1.29 is 4.79 Å². The number of allylic oxidation sites excluding steroid dienone is 1. The molecule has 0 atom stereocenters. The molecule has 2 nitrogen and oxygen atoms in total. The Hall–Kier alpha value is -0.790. The molecule has 1 N–H and O–H groups in total. The summed E-state index contributed by atoms with van der Waals surface area (Å²) in [5, 5.41) is 2.95. The molecule has 12 heavy (non-hydrogen) atoms. The first-order valence-electron chi connectivity index (χ1n) is 4.43. The number of rotatable bonds is 5. The Morgan fingerprint density at radius 1 is 1.58 bits per heavy atom. The molecule has 0 saturated heterocycles. The van der Waals surface area contributed by atoms with Crippen molar-refractivity contribution in [2.24, 2.45) is 0 Å². The number of carbonyl (C=O) groups is 1. The fraction of sp³-hybridized carbons (Fsp3) is 0.700. The van der Waals surface area contributed by atoms with Crippen molar-refractivity contribution in [3.8, 4) is 0 Å². The Morgan fingerprint density at radius 3 is 2.58 bits per heavy atom. The monoisotopic (exact) mass is 169 g/mol. The number of carbonyl (C=O) groups excluding carboxylic acids is 1. The second kappa shape index (κ2) is 4.96. The molecule has 0 bridgehead atoms. The molecule has 0 heterocycles. The van der Waals surface area contributed by atoms with E-state index in [1.54, 1.807) is 0 Å². The minimum atomic E-state index is -0.0959. The van der Waals surface area contributed by atoms with Crippen LogP contribution in [0.25, 0.3) is 0 Å². The van der Waals surface area contributed by atoms with Crippen LogP contribution in [0, 0.1) is 0 Å². The molecular formula is C10H19NO. The smallest absolute Gasteiger partial charge is 0.220 e. The quantitative estimate of drug-likeness (QED) is 0.628. The van der Waals surface area contributed by atoms with Crippen molar-refractivity contribution >= 4 is 5.91 Å². The normalized spacial score (nSPS) is 10.9. The third-order valence-corrected chi connectivity index (χ3v) is 1.77. The van der Waals surface area contributed by atoms with E-state index >= 15 is 0 Å². The van der Waals surface area contributed by atoms with Gasteiger partial charge in [-0.05, 0) is 26.7 Å². The lowest BCUT2D eigenvalue weighted by Crippen LogP contribution is -2.42. The van der Waals surface area contributed by atoms with E-state index in [4.69, 9.17) is 0 Å². The largest absolute Gasteiger partial charge is 0.351 e. The summed E-state index contributed by atoms with van der Waals surface area (Å²) in [5.74, 6) is 0.115. The van der Waals surface area contributed by atoms with Crippen molar-refractivity contribution in [3.63, 3.8) is 0 Å². The summed E-state index contributed by atoms with van der Waals surface area (Å²) >= 11 is 0. The molecule has 0 aliphatic carbocycles. The summed E-state index contributed by atoms with van der Waals surface area (Å²) in [7, 11) is 0. The second-order valence-electron chi connectivity index (χ2n) is 3.61. The van der Waals surface area contributed by atoms with Gasteiger partial charge >= 0.3 is 0 Å². The maximum absolute atomic E-state index is 11.1. The molecule has 0 spiro atoms. The maximum atomic E-state index is 11.1. The van der Waals surface area contributed by atoms with E-state index < -0.39 is 0 Å².